The van der Waals surface area contributed by atoms with Crippen LogP contribution in [0.1, 0.15) is 24.9 Å². The monoisotopic (exact) mass is 287 g/mol. The molecule has 0 bridgehead atoms. The van der Waals surface area contributed by atoms with Crippen LogP contribution in [-0.4, -0.2) is 19.8 Å². The fourth-order valence-corrected chi connectivity index (χ4v) is 2.05. The lowest BCUT2D eigenvalue weighted by Crippen LogP contribution is -2.23. The highest BCUT2D eigenvalue weighted by molar-refractivity contribution is 6.42. The summed E-state index contributed by atoms with van der Waals surface area (Å²) >= 11 is 12.1. The van der Waals surface area contributed by atoms with Gasteiger partial charge in [-0.1, -0.05) is 41.4 Å². The molecule has 4 heteroatoms. The van der Waals surface area contributed by atoms with E-state index in [0.717, 1.165) is 25.1 Å². The first kappa shape index (κ1) is 15.5. The van der Waals surface area contributed by atoms with Crippen molar-refractivity contribution >= 4 is 23.2 Å². The normalized spacial score (nSPS) is 12.4. The maximum Gasteiger partial charge on any atom is 0.0639 e. The molecule has 1 aromatic carbocycles. The van der Waals surface area contributed by atoms with E-state index in [-0.39, 0.29) is 6.04 Å². The van der Waals surface area contributed by atoms with Crippen LogP contribution in [-0.2, 0) is 4.74 Å². The van der Waals surface area contributed by atoms with E-state index >= 15 is 0 Å². The Morgan fingerprint density at radius 3 is 2.89 bits per heavy atom. The van der Waals surface area contributed by atoms with Gasteiger partial charge in [-0.25, -0.2) is 0 Å². The molecular weight excluding hydrogens is 269 g/mol. The van der Waals surface area contributed by atoms with Gasteiger partial charge in [0.15, 0.2) is 0 Å². The Balaban J connectivity index is 2.34. The summed E-state index contributed by atoms with van der Waals surface area (Å²) in [5.74, 6) is 0. The molecule has 0 radical (unpaired) electrons. The van der Waals surface area contributed by atoms with E-state index in [1.54, 1.807) is 6.07 Å². The zero-order valence-corrected chi connectivity index (χ0v) is 12.1. The zero-order valence-electron chi connectivity index (χ0n) is 10.6. The van der Waals surface area contributed by atoms with E-state index in [2.05, 4.69) is 18.8 Å². The number of hydrogen-bond donors (Lipinski definition) is 1. The van der Waals surface area contributed by atoms with Gasteiger partial charge in [0.25, 0.3) is 0 Å². The SMILES string of the molecule is C=CCCOCCNC(C)c1cccc(Cl)c1Cl. The molecule has 0 saturated carbocycles. The molecule has 0 fully saturated rings. The van der Waals surface area contributed by atoms with Crippen LogP contribution in [0.25, 0.3) is 0 Å². The third-order valence-corrected chi connectivity index (χ3v) is 3.44. The van der Waals surface area contributed by atoms with Gasteiger partial charge >= 0.3 is 0 Å². The molecule has 0 aliphatic rings. The van der Waals surface area contributed by atoms with Crippen molar-refractivity contribution in [3.63, 3.8) is 0 Å². The summed E-state index contributed by atoms with van der Waals surface area (Å²) in [4.78, 5) is 0. The third-order valence-electron chi connectivity index (χ3n) is 2.61. The molecule has 18 heavy (non-hydrogen) atoms. The van der Waals surface area contributed by atoms with Gasteiger partial charge in [0.2, 0.25) is 0 Å². The van der Waals surface area contributed by atoms with E-state index in [0.29, 0.717) is 16.7 Å². The van der Waals surface area contributed by atoms with Gasteiger partial charge in [-0.3, -0.25) is 0 Å². The summed E-state index contributed by atoms with van der Waals surface area (Å²) in [6.45, 7) is 7.87. The van der Waals surface area contributed by atoms with Gasteiger partial charge in [0, 0.05) is 12.6 Å². The molecule has 0 amide bonds. The number of halogens is 2. The van der Waals surface area contributed by atoms with E-state index in [1.807, 2.05) is 18.2 Å². The molecule has 1 aromatic rings. The Hall–Kier alpha value is -0.540. The summed E-state index contributed by atoms with van der Waals surface area (Å²) in [6.07, 6.45) is 2.73. The van der Waals surface area contributed by atoms with Crippen molar-refractivity contribution in [2.24, 2.45) is 0 Å². The Bertz CT molecular complexity index is 382. The Morgan fingerprint density at radius 2 is 2.17 bits per heavy atom. The second-order valence-electron chi connectivity index (χ2n) is 4.01. The minimum absolute atomic E-state index is 0.152. The highest BCUT2D eigenvalue weighted by Gasteiger charge is 2.10. The van der Waals surface area contributed by atoms with Crippen molar-refractivity contribution in [1.82, 2.24) is 5.32 Å². The summed E-state index contributed by atoms with van der Waals surface area (Å²) in [5, 5.41) is 4.56. The summed E-state index contributed by atoms with van der Waals surface area (Å²) in [7, 11) is 0. The van der Waals surface area contributed by atoms with Gasteiger partial charge in [-0.15, -0.1) is 6.58 Å². The van der Waals surface area contributed by atoms with Crippen LogP contribution in [0, 0.1) is 0 Å². The summed E-state index contributed by atoms with van der Waals surface area (Å²) < 4.78 is 5.42. The van der Waals surface area contributed by atoms with Gasteiger partial charge in [-0.2, -0.15) is 0 Å². The highest BCUT2D eigenvalue weighted by Crippen LogP contribution is 2.29. The van der Waals surface area contributed by atoms with Gasteiger partial charge < -0.3 is 10.1 Å². The fraction of sp³-hybridized carbons (Fsp3) is 0.429. The van der Waals surface area contributed by atoms with E-state index < -0.39 is 0 Å². The number of hydrogen-bond acceptors (Lipinski definition) is 2. The maximum absolute atomic E-state index is 6.16. The predicted molar refractivity (Wildman–Crippen MR) is 78.5 cm³/mol. The zero-order chi connectivity index (χ0) is 13.4. The van der Waals surface area contributed by atoms with Crippen molar-refractivity contribution < 1.29 is 4.74 Å². The molecule has 100 valence electrons. The minimum Gasteiger partial charge on any atom is -0.380 e. The predicted octanol–water partition coefficient (Wildman–Crippen LogP) is 4.24. The van der Waals surface area contributed by atoms with Crippen molar-refractivity contribution in [2.45, 2.75) is 19.4 Å². The average molecular weight is 288 g/mol. The average Bonchev–Trinajstić information content (AvgIpc) is 2.36. The molecule has 1 unspecified atom stereocenters. The van der Waals surface area contributed by atoms with Crippen LogP contribution in [0.5, 0.6) is 0 Å². The van der Waals surface area contributed by atoms with Gasteiger partial charge in [0.1, 0.15) is 0 Å². The highest BCUT2D eigenvalue weighted by atomic mass is 35.5. The van der Waals surface area contributed by atoms with E-state index in [9.17, 15) is 0 Å². The van der Waals surface area contributed by atoms with Crippen LogP contribution < -0.4 is 5.32 Å². The number of rotatable bonds is 8. The van der Waals surface area contributed by atoms with Crippen LogP contribution in [0.3, 0.4) is 0 Å². The Morgan fingerprint density at radius 1 is 1.39 bits per heavy atom. The molecule has 0 aliphatic carbocycles. The smallest absolute Gasteiger partial charge is 0.0639 e. The largest absolute Gasteiger partial charge is 0.380 e. The molecule has 0 aromatic heterocycles. The summed E-state index contributed by atoms with van der Waals surface area (Å²) in [5.41, 5.74) is 1.01. The number of benzene rings is 1. The molecule has 1 N–H and O–H groups in total. The molecule has 1 rings (SSSR count). The molecular formula is C14H19Cl2NO. The lowest BCUT2D eigenvalue weighted by Gasteiger charge is -2.16. The molecule has 0 saturated heterocycles. The molecule has 2 nitrogen and oxygen atoms in total. The fourth-order valence-electron chi connectivity index (χ4n) is 1.58. The Kier molecular flexibility index (Phi) is 7.36. The third kappa shape index (κ3) is 4.99. The quantitative estimate of drug-likeness (QED) is 0.570. The molecule has 0 heterocycles. The van der Waals surface area contributed by atoms with Crippen LogP contribution in [0.4, 0.5) is 0 Å². The van der Waals surface area contributed by atoms with Crippen LogP contribution >= 0.6 is 23.2 Å². The lowest BCUT2D eigenvalue weighted by molar-refractivity contribution is 0.138. The molecule has 0 spiro atoms. The van der Waals surface area contributed by atoms with E-state index in [1.165, 1.54) is 0 Å². The lowest BCUT2D eigenvalue weighted by atomic mass is 10.1. The molecule has 0 aliphatic heterocycles. The summed E-state index contributed by atoms with van der Waals surface area (Å²) in [6, 6.07) is 5.82. The maximum atomic E-state index is 6.16. The van der Waals surface area contributed by atoms with E-state index in [4.69, 9.17) is 27.9 Å². The van der Waals surface area contributed by atoms with Crippen molar-refractivity contribution in [3.05, 3.63) is 46.5 Å². The first-order valence-electron chi connectivity index (χ1n) is 6.02. The van der Waals surface area contributed by atoms with Gasteiger partial charge in [0.05, 0.1) is 23.3 Å². The standard InChI is InChI=1S/C14H19Cl2NO/c1-3-4-9-18-10-8-17-11(2)12-6-5-7-13(15)14(12)16/h3,5-7,11,17H,1,4,8-10H2,2H3. The first-order chi connectivity index (χ1) is 8.66. The minimum atomic E-state index is 0.152. The van der Waals surface area contributed by atoms with Gasteiger partial charge in [-0.05, 0) is 25.0 Å². The second-order valence-corrected chi connectivity index (χ2v) is 4.79. The number of ether oxygens (including phenoxy) is 1. The van der Waals surface area contributed by atoms with Crippen molar-refractivity contribution in [3.8, 4) is 0 Å². The van der Waals surface area contributed by atoms with Crippen LogP contribution in [0.2, 0.25) is 10.0 Å². The Labute approximate surface area is 119 Å². The first-order valence-corrected chi connectivity index (χ1v) is 6.78. The number of nitrogens with one attached hydrogen (secondary N) is 1. The topological polar surface area (TPSA) is 21.3 Å². The molecule has 1 atom stereocenters. The van der Waals surface area contributed by atoms with Crippen molar-refractivity contribution in [1.29, 1.82) is 0 Å². The van der Waals surface area contributed by atoms with Crippen molar-refractivity contribution in [2.75, 3.05) is 19.8 Å². The second kappa shape index (κ2) is 8.54. The van der Waals surface area contributed by atoms with Crippen LogP contribution in [0.15, 0.2) is 30.9 Å².